The molecule has 0 aliphatic carbocycles. The minimum Gasteiger partial charge on any atom is -0.508 e. The van der Waals surface area contributed by atoms with Crippen molar-refractivity contribution in [2.75, 3.05) is 5.73 Å². The molecule has 5 rings (SSSR count). The van der Waals surface area contributed by atoms with Crippen LogP contribution in [0.15, 0.2) is 89.1 Å². The van der Waals surface area contributed by atoms with E-state index in [0.717, 1.165) is 50.3 Å². The van der Waals surface area contributed by atoms with Gasteiger partial charge in [0.05, 0.1) is 11.4 Å². The molecule has 0 bridgehead atoms. The lowest BCUT2D eigenvalue weighted by Crippen LogP contribution is -2.33. The molecule has 6 nitrogen and oxygen atoms in total. The normalized spacial score (nSPS) is 11.6. The number of nitrogens with two attached hydrogens (primary N) is 1. The van der Waals surface area contributed by atoms with Crippen molar-refractivity contribution in [2.45, 2.75) is 13.8 Å². The van der Waals surface area contributed by atoms with Gasteiger partial charge in [0.1, 0.15) is 16.8 Å². The maximum Gasteiger partial charge on any atom is 0.239 e. The number of aromatic hydroxyl groups is 1. The quantitative estimate of drug-likeness (QED) is 0.163. The van der Waals surface area contributed by atoms with Crippen LogP contribution in [0.4, 0.5) is 17.1 Å². The Morgan fingerprint density at radius 3 is 2.16 bits per heavy atom. The van der Waals surface area contributed by atoms with Gasteiger partial charge in [-0.15, -0.1) is 4.57 Å². The van der Waals surface area contributed by atoms with Gasteiger partial charge in [-0.3, -0.25) is 0 Å². The zero-order valence-electron chi connectivity index (χ0n) is 17.8. The van der Waals surface area contributed by atoms with Crippen LogP contribution in [-0.2, 0) is 0 Å². The lowest BCUT2D eigenvalue weighted by atomic mass is 10.1. The van der Waals surface area contributed by atoms with E-state index < -0.39 is 0 Å². The van der Waals surface area contributed by atoms with E-state index in [1.165, 1.54) is 0 Å². The second-order valence-electron chi connectivity index (χ2n) is 7.82. The molecule has 0 saturated carbocycles. The lowest BCUT2D eigenvalue weighted by molar-refractivity contribution is -0.538. The highest BCUT2D eigenvalue weighted by Crippen LogP contribution is 2.29. The van der Waals surface area contributed by atoms with Gasteiger partial charge in [-0.25, -0.2) is 4.98 Å². The fourth-order valence-corrected chi connectivity index (χ4v) is 3.76. The molecular weight excluding hydrogens is 398 g/mol. The van der Waals surface area contributed by atoms with Crippen LogP contribution in [0.25, 0.3) is 27.8 Å². The molecule has 0 atom stereocenters. The van der Waals surface area contributed by atoms with Crippen LogP contribution in [0, 0.1) is 13.8 Å². The monoisotopic (exact) mass is 420 g/mol. The molecule has 6 heteroatoms. The van der Waals surface area contributed by atoms with E-state index in [1.54, 1.807) is 24.3 Å². The van der Waals surface area contributed by atoms with E-state index in [0.29, 0.717) is 5.69 Å². The molecule has 0 unspecified atom stereocenters. The molecule has 0 radical (unpaired) electrons. The van der Waals surface area contributed by atoms with Crippen LogP contribution in [0.5, 0.6) is 5.75 Å². The van der Waals surface area contributed by atoms with Gasteiger partial charge in [-0.2, -0.15) is 10.2 Å². The minimum atomic E-state index is 0.196. The fraction of sp³-hybridized carbons (Fsp3) is 0.0769. The van der Waals surface area contributed by atoms with Crippen molar-refractivity contribution >= 4 is 39.1 Å². The number of hydrogen-bond donors (Lipinski definition) is 2. The third kappa shape index (κ3) is 3.52. The number of para-hydroxylation sites is 1. The maximum absolute atomic E-state index is 9.48. The SMILES string of the molecule is Cc1cc2nc3cc(C)c(N=Nc4ccc(O)cc4)cc3[n+](-c3ccccc3)c2cc1N. The number of phenols is 1. The first-order chi connectivity index (χ1) is 15.5. The number of benzene rings is 4. The number of rotatable bonds is 3. The third-order valence-electron chi connectivity index (χ3n) is 5.52. The number of azo groups is 1. The summed E-state index contributed by atoms with van der Waals surface area (Å²) < 4.78 is 2.16. The minimum absolute atomic E-state index is 0.196. The van der Waals surface area contributed by atoms with Gasteiger partial charge in [0, 0.05) is 30.0 Å². The topological polar surface area (TPSA) is 87.7 Å². The number of phenolic OH excluding ortho intramolecular Hbond substituents is 1. The molecule has 0 aliphatic rings. The molecule has 5 aromatic rings. The van der Waals surface area contributed by atoms with Gasteiger partial charge in [-0.05, 0) is 61.4 Å². The Bertz CT molecular complexity index is 1490. The summed E-state index contributed by atoms with van der Waals surface area (Å²) in [7, 11) is 0. The zero-order valence-corrected chi connectivity index (χ0v) is 17.8. The summed E-state index contributed by atoms with van der Waals surface area (Å²) in [5.74, 6) is 0.196. The average Bonchev–Trinajstić information content (AvgIpc) is 2.79. The smallest absolute Gasteiger partial charge is 0.239 e. The molecule has 0 spiro atoms. The Hall–Kier alpha value is -4.32. The largest absolute Gasteiger partial charge is 0.508 e. The highest BCUT2D eigenvalue weighted by atomic mass is 16.3. The molecule has 0 saturated heterocycles. The summed E-state index contributed by atoms with van der Waals surface area (Å²) >= 11 is 0. The Morgan fingerprint density at radius 1 is 0.781 bits per heavy atom. The van der Waals surface area contributed by atoms with E-state index in [-0.39, 0.29) is 5.75 Å². The molecule has 0 aliphatic heterocycles. The summed E-state index contributed by atoms with van der Waals surface area (Å²) in [5.41, 5.74) is 15.0. The Kier molecular flexibility index (Phi) is 4.75. The number of nitrogen functional groups attached to an aromatic ring is 1. The van der Waals surface area contributed by atoms with Crippen LogP contribution in [0.3, 0.4) is 0 Å². The van der Waals surface area contributed by atoms with Gasteiger partial charge in [0.25, 0.3) is 0 Å². The zero-order chi connectivity index (χ0) is 22.2. The van der Waals surface area contributed by atoms with Crippen LogP contribution in [-0.4, -0.2) is 10.1 Å². The number of hydrogen-bond acceptors (Lipinski definition) is 5. The first-order valence-corrected chi connectivity index (χ1v) is 10.3. The number of nitrogens with zero attached hydrogens (tertiary/aromatic N) is 4. The van der Waals surface area contributed by atoms with E-state index in [9.17, 15) is 5.11 Å². The first-order valence-electron chi connectivity index (χ1n) is 10.3. The molecule has 4 aromatic carbocycles. The Balaban J connectivity index is 1.77. The Morgan fingerprint density at radius 2 is 1.44 bits per heavy atom. The summed E-state index contributed by atoms with van der Waals surface area (Å²) in [6, 6.07) is 24.8. The highest BCUT2D eigenvalue weighted by molar-refractivity contribution is 5.87. The summed E-state index contributed by atoms with van der Waals surface area (Å²) in [4.78, 5) is 4.92. The molecule has 3 N–H and O–H groups in total. The molecular formula is C26H22N5O+. The van der Waals surface area contributed by atoms with E-state index in [2.05, 4.69) is 26.9 Å². The standard InChI is InChI=1S/C26H21N5O/c1-16-12-23-25(14-21(16)27)31(19-6-4-3-5-7-19)26-15-22(17(2)13-24(26)28-23)30-29-18-8-10-20(32)11-9-18/h3-15H,1-2H3,(H2,27,30,32)/p+1. The van der Waals surface area contributed by atoms with Crippen LogP contribution < -0.4 is 10.3 Å². The number of aryl methyl sites for hydroxylation is 2. The molecule has 0 fully saturated rings. The highest BCUT2D eigenvalue weighted by Gasteiger charge is 2.21. The summed E-state index contributed by atoms with van der Waals surface area (Å²) in [5, 5.41) is 18.3. The first kappa shape index (κ1) is 19.6. The van der Waals surface area contributed by atoms with E-state index in [1.807, 2.05) is 56.3 Å². The number of aromatic nitrogens is 2. The van der Waals surface area contributed by atoms with Crippen LogP contribution in [0.2, 0.25) is 0 Å². The predicted molar refractivity (Wildman–Crippen MR) is 127 cm³/mol. The van der Waals surface area contributed by atoms with Gasteiger partial charge >= 0.3 is 0 Å². The number of anilines is 1. The van der Waals surface area contributed by atoms with Gasteiger partial charge < -0.3 is 10.8 Å². The molecule has 1 aromatic heterocycles. The summed E-state index contributed by atoms with van der Waals surface area (Å²) in [6.45, 7) is 3.99. The van der Waals surface area contributed by atoms with Crippen LogP contribution >= 0.6 is 0 Å². The van der Waals surface area contributed by atoms with Gasteiger partial charge in [-0.1, -0.05) is 18.2 Å². The molecule has 1 heterocycles. The van der Waals surface area contributed by atoms with Crippen molar-refractivity contribution < 1.29 is 9.67 Å². The summed E-state index contributed by atoms with van der Waals surface area (Å²) in [6.07, 6.45) is 0. The number of fused-ring (bicyclic) bond motifs is 2. The lowest BCUT2D eigenvalue weighted by Gasteiger charge is -2.09. The van der Waals surface area contributed by atoms with E-state index in [4.69, 9.17) is 10.7 Å². The maximum atomic E-state index is 9.48. The van der Waals surface area contributed by atoms with Crippen molar-refractivity contribution in [1.29, 1.82) is 0 Å². The molecule has 32 heavy (non-hydrogen) atoms. The molecule has 0 amide bonds. The third-order valence-corrected chi connectivity index (χ3v) is 5.52. The average molecular weight is 420 g/mol. The van der Waals surface area contributed by atoms with Crippen molar-refractivity contribution in [3.8, 4) is 11.4 Å². The van der Waals surface area contributed by atoms with E-state index >= 15 is 0 Å². The Labute approximate surface area is 185 Å². The van der Waals surface area contributed by atoms with Crippen molar-refractivity contribution in [2.24, 2.45) is 10.2 Å². The second kappa shape index (κ2) is 7.74. The van der Waals surface area contributed by atoms with Crippen molar-refractivity contribution in [1.82, 2.24) is 4.98 Å². The van der Waals surface area contributed by atoms with Crippen molar-refractivity contribution in [3.63, 3.8) is 0 Å². The van der Waals surface area contributed by atoms with Crippen LogP contribution in [0.1, 0.15) is 11.1 Å². The van der Waals surface area contributed by atoms with Crippen molar-refractivity contribution in [3.05, 3.63) is 90.0 Å². The fourth-order valence-electron chi connectivity index (χ4n) is 3.76. The predicted octanol–water partition coefficient (Wildman–Crippen LogP) is 5.98. The van der Waals surface area contributed by atoms with Gasteiger partial charge in [0.15, 0.2) is 0 Å². The molecule has 156 valence electrons. The van der Waals surface area contributed by atoms with Gasteiger partial charge in [0.2, 0.25) is 16.7 Å². The second-order valence-corrected chi connectivity index (χ2v) is 7.82.